The maximum atomic E-state index is 14.4. The monoisotopic (exact) mass is 370 g/mol. The van der Waals surface area contributed by atoms with Crippen LogP contribution in [0.2, 0.25) is 0 Å². The molecule has 3 rings (SSSR count). The van der Waals surface area contributed by atoms with E-state index in [0.717, 1.165) is 0 Å². The van der Waals surface area contributed by atoms with Crippen LogP contribution in [0, 0.1) is 12.7 Å². The summed E-state index contributed by atoms with van der Waals surface area (Å²) >= 11 is 0. The van der Waals surface area contributed by atoms with Crippen molar-refractivity contribution >= 4 is 17.4 Å². The van der Waals surface area contributed by atoms with Gasteiger partial charge in [-0.05, 0) is 31.2 Å². The zero-order valence-electron chi connectivity index (χ0n) is 15.1. The molecule has 0 saturated carbocycles. The molecular formula is C19H19FN4O3. The van der Waals surface area contributed by atoms with Gasteiger partial charge in [-0.3, -0.25) is 5.10 Å². The van der Waals surface area contributed by atoms with Crippen LogP contribution in [0.3, 0.4) is 0 Å². The Labute approximate surface area is 155 Å². The third-order valence-corrected chi connectivity index (χ3v) is 3.94. The van der Waals surface area contributed by atoms with Crippen molar-refractivity contribution in [2.24, 2.45) is 0 Å². The number of hydrogen-bond donors (Lipinski definition) is 3. The van der Waals surface area contributed by atoms with Gasteiger partial charge >= 0.3 is 6.03 Å². The Morgan fingerprint density at radius 3 is 2.52 bits per heavy atom. The fourth-order valence-electron chi connectivity index (χ4n) is 2.57. The number of aryl methyl sites for hydroxylation is 1. The van der Waals surface area contributed by atoms with E-state index in [9.17, 15) is 9.18 Å². The normalized spacial score (nSPS) is 10.4. The average Bonchev–Trinajstić information content (AvgIpc) is 3.02. The molecule has 0 bridgehead atoms. The topological polar surface area (TPSA) is 88.3 Å². The predicted octanol–water partition coefficient (Wildman–Crippen LogP) is 4.19. The molecule has 0 aliphatic carbocycles. The molecule has 0 spiro atoms. The summed E-state index contributed by atoms with van der Waals surface area (Å²) in [5.74, 6) is 0.513. The highest BCUT2D eigenvalue weighted by molar-refractivity contribution is 6.02. The third-order valence-electron chi connectivity index (χ3n) is 3.94. The number of hydrogen-bond acceptors (Lipinski definition) is 4. The number of nitrogens with zero attached hydrogens (tertiary/aromatic N) is 1. The van der Waals surface area contributed by atoms with Crippen molar-refractivity contribution in [1.82, 2.24) is 10.2 Å². The van der Waals surface area contributed by atoms with E-state index in [1.807, 2.05) is 0 Å². The molecular weight excluding hydrogens is 351 g/mol. The highest BCUT2D eigenvalue weighted by Crippen LogP contribution is 2.32. The van der Waals surface area contributed by atoms with Gasteiger partial charge in [-0.25, -0.2) is 9.18 Å². The van der Waals surface area contributed by atoms with Crippen LogP contribution >= 0.6 is 0 Å². The number of aromatic nitrogens is 2. The van der Waals surface area contributed by atoms with Crippen molar-refractivity contribution in [2.45, 2.75) is 6.92 Å². The molecule has 0 atom stereocenters. The number of halogens is 1. The van der Waals surface area contributed by atoms with Crippen LogP contribution in [0.5, 0.6) is 11.5 Å². The Balaban J connectivity index is 1.83. The molecule has 1 aromatic heterocycles. The number of anilines is 2. The number of nitrogens with one attached hydrogen (secondary N) is 3. The standard InChI is InChI=1S/C19H19FN4O3/c1-11-17(22-19(25)21-12-5-4-6-13(9-12)26-2)18(24-23-11)15-8-7-14(27-3)10-16(15)20/h4-10H,1-3H3,(H,23,24)(H2,21,22,25). The van der Waals surface area contributed by atoms with Crippen LogP contribution in [0.4, 0.5) is 20.6 Å². The predicted molar refractivity (Wildman–Crippen MR) is 101 cm³/mol. The van der Waals surface area contributed by atoms with Crippen LogP contribution in [0.25, 0.3) is 11.3 Å². The summed E-state index contributed by atoms with van der Waals surface area (Å²) in [6, 6.07) is 10.9. The largest absolute Gasteiger partial charge is 0.497 e. The van der Waals surface area contributed by atoms with Gasteiger partial charge in [0.1, 0.15) is 23.0 Å². The number of benzene rings is 2. The first-order valence-corrected chi connectivity index (χ1v) is 8.12. The van der Waals surface area contributed by atoms with Crippen molar-refractivity contribution in [1.29, 1.82) is 0 Å². The molecule has 8 heteroatoms. The van der Waals surface area contributed by atoms with Gasteiger partial charge in [0.25, 0.3) is 0 Å². The van der Waals surface area contributed by atoms with E-state index in [1.54, 1.807) is 50.4 Å². The molecule has 7 nitrogen and oxygen atoms in total. The van der Waals surface area contributed by atoms with Crippen molar-refractivity contribution < 1.29 is 18.7 Å². The lowest BCUT2D eigenvalue weighted by Crippen LogP contribution is -2.20. The van der Waals surface area contributed by atoms with Gasteiger partial charge in [0.05, 0.1) is 25.6 Å². The molecule has 2 aromatic carbocycles. The Morgan fingerprint density at radius 2 is 1.81 bits per heavy atom. The average molecular weight is 370 g/mol. The van der Waals surface area contributed by atoms with E-state index in [4.69, 9.17) is 9.47 Å². The molecule has 0 saturated heterocycles. The second kappa shape index (κ2) is 7.77. The number of urea groups is 1. The van der Waals surface area contributed by atoms with E-state index in [-0.39, 0.29) is 5.56 Å². The Morgan fingerprint density at radius 1 is 1.07 bits per heavy atom. The molecule has 0 aliphatic rings. The summed E-state index contributed by atoms with van der Waals surface area (Å²) in [6.07, 6.45) is 0. The molecule has 2 amide bonds. The van der Waals surface area contributed by atoms with E-state index >= 15 is 0 Å². The van der Waals surface area contributed by atoms with Gasteiger partial charge in [0, 0.05) is 23.4 Å². The molecule has 27 heavy (non-hydrogen) atoms. The molecule has 140 valence electrons. The zero-order valence-corrected chi connectivity index (χ0v) is 15.1. The summed E-state index contributed by atoms with van der Waals surface area (Å²) in [5.41, 5.74) is 2.09. The van der Waals surface area contributed by atoms with Gasteiger partial charge in [-0.1, -0.05) is 6.07 Å². The fraction of sp³-hybridized carbons (Fsp3) is 0.158. The summed E-state index contributed by atoms with van der Waals surface area (Å²) < 4.78 is 24.5. The summed E-state index contributed by atoms with van der Waals surface area (Å²) in [4.78, 5) is 12.4. The Hall–Kier alpha value is -3.55. The van der Waals surface area contributed by atoms with Gasteiger partial charge in [-0.2, -0.15) is 5.10 Å². The third kappa shape index (κ3) is 4.00. The number of methoxy groups -OCH3 is 2. The van der Waals surface area contributed by atoms with Gasteiger partial charge < -0.3 is 20.1 Å². The van der Waals surface area contributed by atoms with E-state index in [1.165, 1.54) is 13.2 Å². The maximum Gasteiger partial charge on any atom is 0.323 e. The van der Waals surface area contributed by atoms with Gasteiger partial charge in [0.15, 0.2) is 0 Å². The van der Waals surface area contributed by atoms with E-state index in [0.29, 0.717) is 34.3 Å². The van der Waals surface area contributed by atoms with Gasteiger partial charge in [-0.15, -0.1) is 0 Å². The first kappa shape index (κ1) is 18.2. The van der Waals surface area contributed by atoms with E-state index in [2.05, 4.69) is 20.8 Å². The smallest absolute Gasteiger partial charge is 0.323 e. The Bertz CT molecular complexity index is 971. The molecule has 0 unspecified atom stereocenters. The van der Waals surface area contributed by atoms with Crippen LogP contribution < -0.4 is 20.1 Å². The molecule has 0 radical (unpaired) electrons. The molecule has 0 fully saturated rings. The quantitative estimate of drug-likeness (QED) is 0.628. The fourth-order valence-corrected chi connectivity index (χ4v) is 2.57. The SMILES string of the molecule is COc1cccc(NC(=O)Nc2c(-c3ccc(OC)cc3F)n[nH]c2C)c1. The van der Waals surface area contributed by atoms with Crippen LogP contribution in [0.15, 0.2) is 42.5 Å². The van der Waals surface area contributed by atoms with Gasteiger partial charge in [0.2, 0.25) is 0 Å². The minimum Gasteiger partial charge on any atom is -0.497 e. The van der Waals surface area contributed by atoms with Crippen molar-refractivity contribution in [2.75, 3.05) is 24.9 Å². The molecule has 3 N–H and O–H groups in total. The second-order valence-corrected chi connectivity index (χ2v) is 5.73. The number of amides is 2. The molecule has 1 heterocycles. The highest BCUT2D eigenvalue weighted by Gasteiger charge is 2.18. The summed E-state index contributed by atoms with van der Waals surface area (Å²) in [5, 5.41) is 12.3. The molecule has 0 aliphatic heterocycles. The lowest BCUT2D eigenvalue weighted by atomic mass is 10.1. The van der Waals surface area contributed by atoms with Crippen LogP contribution in [-0.4, -0.2) is 30.4 Å². The first-order valence-electron chi connectivity index (χ1n) is 8.12. The number of aromatic amines is 1. The number of H-pyrrole nitrogens is 1. The maximum absolute atomic E-state index is 14.4. The first-order chi connectivity index (χ1) is 13.0. The number of carbonyl (C=O) groups is 1. The van der Waals surface area contributed by atoms with E-state index < -0.39 is 11.8 Å². The lowest BCUT2D eigenvalue weighted by molar-refractivity contribution is 0.262. The lowest BCUT2D eigenvalue weighted by Gasteiger charge is -2.10. The van der Waals surface area contributed by atoms with Crippen molar-refractivity contribution in [3.63, 3.8) is 0 Å². The van der Waals surface area contributed by atoms with Crippen LogP contribution in [0.1, 0.15) is 5.69 Å². The number of rotatable bonds is 5. The second-order valence-electron chi connectivity index (χ2n) is 5.73. The molecule has 3 aromatic rings. The number of ether oxygens (including phenoxy) is 2. The van der Waals surface area contributed by atoms with Crippen LogP contribution in [-0.2, 0) is 0 Å². The van der Waals surface area contributed by atoms with Crippen molar-refractivity contribution in [3.05, 3.63) is 54.0 Å². The minimum absolute atomic E-state index is 0.247. The highest BCUT2D eigenvalue weighted by atomic mass is 19.1. The summed E-state index contributed by atoms with van der Waals surface area (Å²) in [6.45, 7) is 1.74. The zero-order chi connectivity index (χ0) is 19.4. The Kier molecular flexibility index (Phi) is 5.25. The number of carbonyl (C=O) groups excluding carboxylic acids is 1. The van der Waals surface area contributed by atoms with Crippen molar-refractivity contribution in [3.8, 4) is 22.8 Å². The summed E-state index contributed by atoms with van der Waals surface area (Å²) in [7, 11) is 3.01. The minimum atomic E-state index is -0.503.